The second-order valence-corrected chi connectivity index (χ2v) is 11.3. The number of aliphatic carboxylic acids is 1. The van der Waals surface area contributed by atoms with Crippen LogP contribution < -0.4 is 15.0 Å². The van der Waals surface area contributed by atoms with Gasteiger partial charge in [0.25, 0.3) is 0 Å². The summed E-state index contributed by atoms with van der Waals surface area (Å²) in [6, 6.07) is 3.49. The van der Waals surface area contributed by atoms with Gasteiger partial charge in [-0.05, 0) is 31.7 Å². The number of nitrogens with zero attached hydrogens (tertiary/aromatic N) is 3. The molecule has 9 nitrogen and oxygen atoms in total. The number of carbonyl (C=O) groups excluding carboxylic acids is 3. The van der Waals surface area contributed by atoms with E-state index in [-0.39, 0.29) is 40.8 Å². The van der Waals surface area contributed by atoms with Gasteiger partial charge >= 0.3 is 0 Å². The molecule has 3 aliphatic heterocycles. The molecule has 190 valence electrons. The van der Waals surface area contributed by atoms with Crippen LogP contribution in [0.15, 0.2) is 35.1 Å². The lowest BCUT2D eigenvalue weighted by molar-refractivity contribution is -0.671. The predicted octanol–water partition coefficient (Wildman–Crippen LogP) is -0.815. The van der Waals surface area contributed by atoms with Crippen LogP contribution in [0.4, 0.5) is 0 Å². The molecule has 1 aromatic rings. The van der Waals surface area contributed by atoms with Gasteiger partial charge in [0.15, 0.2) is 12.4 Å². The third-order valence-corrected chi connectivity index (χ3v) is 8.88. The number of carboxylic acids is 1. The zero-order chi connectivity index (χ0) is 25.4. The Morgan fingerprint density at radius 1 is 1.37 bits per heavy atom. The number of aromatic nitrogens is 1. The van der Waals surface area contributed by atoms with Gasteiger partial charge in [0.1, 0.15) is 7.05 Å². The number of thioether (sulfide) groups is 1. The Balaban J connectivity index is 1.32. The van der Waals surface area contributed by atoms with Crippen molar-refractivity contribution in [2.75, 3.05) is 20.1 Å². The molecule has 6 atom stereocenters. The lowest BCUT2D eigenvalue weighted by Gasteiger charge is -2.47. The molecule has 2 N–H and O–H groups in total. The number of carboxylic acid groups (broad SMARTS) is 1. The minimum absolute atomic E-state index is 0.00742. The first-order valence-corrected chi connectivity index (χ1v) is 13.0. The number of β-lactam (4-membered cyclic amide) rings is 1. The summed E-state index contributed by atoms with van der Waals surface area (Å²) in [5, 5.41) is 25.2. The van der Waals surface area contributed by atoms with Crippen LogP contribution in [0.1, 0.15) is 32.3 Å². The van der Waals surface area contributed by atoms with Gasteiger partial charge in [-0.3, -0.25) is 9.59 Å². The van der Waals surface area contributed by atoms with E-state index < -0.39 is 18.0 Å². The number of nitrogens with one attached hydrogen (secondary N) is 1. The second-order valence-electron chi connectivity index (χ2n) is 9.93. The van der Waals surface area contributed by atoms with Crippen LogP contribution in [0.3, 0.4) is 0 Å². The van der Waals surface area contributed by atoms with Crippen LogP contribution in [0.5, 0.6) is 0 Å². The number of amides is 2. The summed E-state index contributed by atoms with van der Waals surface area (Å²) in [6.45, 7) is 4.68. The second kappa shape index (κ2) is 10.3. The number of rotatable bonds is 9. The van der Waals surface area contributed by atoms with Gasteiger partial charge in [0.2, 0.25) is 11.8 Å². The number of pyridine rings is 1. The van der Waals surface area contributed by atoms with E-state index in [0.717, 1.165) is 12.8 Å². The zero-order valence-corrected chi connectivity index (χ0v) is 21.5. The Morgan fingerprint density at radius 3 is 2.69 bits per heavy atom. The van der Waals surface area contributed by atoms with Crippen LogP contribution in [0.2, 0.25) is 0 Å². The molecule has 0 saturated carbocycles. The normalized spacial score (nSPS) is 28.7. The monoisotopic (exact) mass is 502 g/mol. The van der Waals surface area contributed by atoms with Gasteiger partial charge in [0.05, 0.1) is 35.8 Å². The number of aliphatic hydroxyl groups excluding tert-OH is 1. The van der Waals surface area contributed by atoms with E-state index in [4.69, 9.17) is 0 Å². The molecule has 4 rings (SSSR count). The third kappa shape index (κ3) is 4.96. The fraction of sp³-hybridized carbons (Fsp3) is 0.600. The maximum absolute atomic E-state index is 13.0. The number of hydrogen-bond donors (Lipinski definition) is 2. The Hall–Kier alpha value is -2.43. The quantitative estimate of drug-likeness (QED) is 0.335. The Labute approximate surface area is 210 Å². The predicted molar refractivity (Wildman–Crippen MR) is 128 cm³/mol. The van der Waals surface area contributed by atoms with Crippen molar-refractivity contribution in [2.24, 2.45) is 18.9 Å². The van der Waals surface area contributed by atoms with Crippen molar-refractivity contribution in [2.45, 2.75) is 56.5 Å². The number of carbonyl (C=O) groups is 3. The number of aryl methyl sites for hydroxylation is 2. The SMILES string of the molecule is C[C@@H](O)[C@H]1C(=O)N2C(C(=O)[O-])=C(S[C@@H]3CN[C@H](C(=O)N(C)CCCc4cc[n+](C)cc4)C3)[C@H](C)[C@H]12. The summed E-state index contributed by atoms with van der Waals surface area (Å²) in [6.07, 6.45) is 5.54. The van der Waals surface area contributed by atoms with Crippen molar-refractivity contribution in [3.63, 3.8) is 0 Å². The molecule has 4 heterocycles. The minimum atomic E-state index is -1.37. The lowest BCUT2D eigenvalue weighted by atomic mass is 9.79. The summed E-state index contributed by atoms with van der Waals surface area (Å²) in [4.78, 5) is 41.0. The first-order valence-electron chi connectivity index (χ1n) is 12.2. The number of likely N-dealkylation sites (N-methyl/N-ethyl adjacent to an activating group) is 1. The molecular weight excluding hydrogens is 468 g/mol. The van der Waals surface area contributed by atoms with E-state index in [9.17, 15) is 24.6 Å². The Bertz CT molecular complexity index is 1030. The molecular formula is C25H34N4O5S. The van der Waals surface area contributed by atoms with E-state index in [1.165, 1.54) is 22.2 Å². The van der Waals surface area contributed by atoms with Crippen LogP contribution in [-0.4, -0.2) is 76.3 Å². The minimum Gasteiger partial charge on any atom is -0.543 e. The third-order valence-electron chi connectivity index (χ3n) is 7.37. The smallest absolute Gasteiger partial charge is 0.239 e. The molecule has 0 unspecified atom stereocenters. The van der Waals surface area contributed by atoms with E-state index in [2.05, 4.69) is 17.4 Å². The topological polar surface area (TPSA) is 117 Å². The highest BCUT2D eigenvalue weighted by Gasteiger charge is 2.59. The largest absolute Gasteiger partial charge is 0.543 e. The average Bonchev–Trinajstić information content (AvgIpc) is 3.36. The number of fused-ring (bicyclic) bond motifs is 1. The van der Waals surface area contributed by atoms with E-state index in [1.807, 2.05) is 38.0 Å². The molecule has 0 aliphatic carbocycles. The molecule has 2 fully saturated rings. The van der Waals surface area contributed by atoms with Crippen LogP contribution in [-0.2, 0) is 27.9 Å². The molecule has 35 heavy (non-hydrogen) atoms. The first kappa shape index (κ1) is 25.7. The molecule has 2 amide bonds. The van der Waals surface area contributed by atoms with E-state index in [1.54, 1.807) is 11.8 Å². The number of aliphatic hydroxyl groups is 1. The van der Waals surface area contributed by atoms with Crippen molar-refractivity contribution in [3.8, 4) is 0 Å². The van der Waals surface area contributed by atoms with Crippen molar-refractivity contribution in [1.29, 1.82) is 0 Å². The molecule has 3 aliphatic rings. The van der Waals surface area contributed by atoms with Gasteiger partial charge in [-0.25, -0.2) is 4.57 Å². The van der Waals surface area contributed by atoms with E-state index >= 15 is 0 Å². The fourth-order valence-electron chi connectivity index (χ4n) is 5.43. The van der Waals surface area contributed by atoms with Gasteiger partial charge in [0, 0.05) is 48.3 Å². The summed E-state index contributed by atoms with van der Waals surface area (Å²) in [5.74, 6) is -2.50. The molecule has 0 radical (unpaired) electrons. The highest BCUT2D eigenvalue weighted by atomic mass is 32.2. The highest BCUT2D eigenvalue weighted by Crippen LogP contribution is 2.51. The number of hydrogen-bond acceptors (Lipinski definition) is 7. The van der Waals surface area contributed by atoms with Crippen molar-refractivity contribution < 1.29 is 29.2 Å². The zero-order valence-electron chi connectivity index (χ0n) is 20.6. The van der Waals surface area contributed by atoms with Gasteiger partial charge < -0.3 is 30.1 Å². The van der Waals surface area contributed by atoms with Crippen LogP contribution in [0, 0.1) is 11.8 Å². The molecule has 10 heteroatoms. The first-order chi connectivity index (χ1) is 16.6. The van der Waals surface area contributed by atoms with Gasteiger partial charge in [-0.15, -0.1) is 11.8 Å². The Kier molecular flexibility index (Phi) is 7.54. The fourth-order valence-corrected chi connectivity index (χ4v) is 6.90. The summed E-state index contributed by atoms with van der Waals surface area (Å²) < 4.78 is 1.99. The highest BCUT2D eigenvalue weighted by molar-refractivity contribution is 8.03. The maximum Gasteiger partial charge on any atom is 0.239 e. The van der Waals surface area contributed by atoms with Crippen molar-refractivity contribution >= 4 is 29.5 Å². The lowest BCUT2D eigenvalue weighted by Crippen LogP contribution is -2.64. The summed E-state index contributed by atoms with van der Waals surface area (Å²) in [5.41, 5.74) is 1.17. The molecule has 0 spiro atoms. The van der Waals surface area contributed by atoms with Crippen molar-refractivity contribution in [1.82, 2.24) is 15.1 Å². The molecule has 0 aromatic carbocycles. The van der Waals surface area contributed by atoms with E-state index in [0.29, 0.717) is 24.4 Å². The standard InChI is InChI=1S/C25H34N4O5S/c1-14-20-19(15(2)30)24(32)29(20)21(25(33)34)22(14)35-17-12-18(26-13-17)23(31)28(4)9-5-6-16-7-10-27(3)11-8-16/h7-8,10-11,14-15,17-20,26,30H,5-6,9,12-13H2,1-4H3/t14-,15-,17+,18+,19-,20-/m1/s1. The van der Waals surface area contributed by atoms with Crippen LogP contribution >= 0.6 is 11.8 Å². The van der Waals surface area contributed by atoms with Crippen molar-refractivity contribution in [3.05, 3.63) is 40.7 Å². The average molecular weight is 503 g/mol. The van der Waals surface area contributed by atoms with Gasteiger partial charge in [-0.1, -0.05) is 6.92 Å². The Morgan fingerprint density at radius 2 is 2.06 bits per heavy atom. The van der Waals surface area contributed by atoms with Crippen LogP contribution in [0.25, 0.3) is 0 Å². The molecule has 1 aromatic heterocycles. The van der Waals surface area contributed by atoms with Gasteiger partial charge in [-0.2, -0.15) is 0 Å². The molecule has 0 bridgehead atoms. The molecule has 2 saturated heterocycles. The summed E-state index contributed by atoms with van der Waals surface area (Å²) >= 11 is 1.42. The maximum atomic E-state index is 13.0. The summed E-state index contributed by atoms with van der Waals surface area (Å²) in [7, 11) is 3.80.